The second-order valence-corrected chi connectivity index (χ2v) is 4.79. The van der Waals surface area contributed by atoms with E-state index < -0.39 is 0 Å². The highest BCUT2D eigenvalue weighted by molar-refractivity contribution is 6.30. The topological polar surface area (TPSA) is 83.8 Å². The minimum Gasteiger partial charge on any atom is -0.360 e. The summed E-state index contributed by atoms with van der Waals surface area (Å²) < 4.78 is 1.65. The maximum Gasteiger partial charge on any atom is 0.255 e. The van der Waals surface area contributed by atoms with Crippen molar-refractivity contribution in [2.24, 2.45) is 0 Å². The van der Waals surface area contributed by atoms with Gasteiger partial charge in [0.15, 0.2) is 0 Å². The predicted octanol–water partition coefficient (Wildman–Crippen LogP) is 2.37. The van der Waals surface area contributed by atoms with Gasteiger partial charge in [-0.2, -0.15) is 19.6 Å². The normalized spacial score (nSPS) is 12.8. The van der Waals surface area contributed by atoms with Crippen molar-refractivity contribution in [1.82, 2.24) is 29.5 Å². The monoisotopic (exact) mass is 291 g/mol. The maximum atomic E-state index is 6.15. The lowest BCUT2D eigenvalue weighted by molar-refractivity contribution is 0.692. The van der Waals surface area contributed by atoms with Gasteiger partial charge in [-0.3, -0.25) is 0 Å². The fraction of sp³-hybridized carbons (Fsp3) is 0.333. The molecular weight excluding hydrogens is 278 g/mol. The van der Waals surface area contributed by atoms with Crippen molar-refractivity contribution in [3.05, 3.63) is 35.3 Å². The Kier molecular flexibility index (Phi) is 3.27. The molecule has 0 amide bonds. The molecule has 0 saturated heterocycles. The molecule has 3 heterocycles. The van der Waals surface area contributed by atoms with Crippen LogP contribution in [0.4, 0.5) is 5.82 Å². The summed E-state index contributed by atoms with van der Waals surface area (Å²) in [6, 6.07) is 0.0366. The van der Waals surface area contributed by atoms with Crippen LogP contribution >= 0.6 is 11.6 Å². The van der Waals surface area contributed by atoms with Crippen LogP contribution < -0.4 is 5.32 Å². The van der Waals surface area contributed by atoms with Crippen LogP contribution in [0, 0.1) is 6.92 Å². The lowest BCUT2D eigenvalue weighted by Crippen LogP contribution is -2.16. The van der Waals surface area contributed by atoms with E-state index >= 15 is 0 Å². The molecule has 3 aromatic rings. The van der Waals surface area contributed by atoms with Crippen molar-refractivity contribution in [2.75, 3.05) is 5.32 Å². The second kappa shape index (κ2) is 5.09. The van der Waals surface area contributed by atoms with Gasteiger partial charge in [0.2, 0.25) is 0 Å². The third kappa shape index (κ3) is 2.09. The van der Waals surface area contributed by atoms with Crippen molar-refractivity contribution in [1.29, 1.82) is 0 Å². The first-order valence-electron chi connectivity index (χ1n) is 6.32. The molecule has 104 valence electrons. The number of anilines is 1. The van der Waals surface area contributed by atoms with Gasteiger partial charge in [0, 0.05) is 18.0 Å². The fourth-order valence-electron chi connectivity index (χ4n) is 2.06. The number of nitrogens with one attached hydrogen (secondary N) is 2. The summed E-state index contributed by atoms with van der Waals surface area (Å²) in [6.07, 6.45) is 5.86. The molecule has 8 heteroatoms. The van der Waals surface area contributed by atoms with E-state index in [0.29, 0.717) is 10.9 Å². The molecule has 0 aliphatic carbocycles. The number of hydrogen-bond donors (Lipinski definition) is 2. The smallest absolute Gasteiger partial charge is 0.255 e. The number of hydrogen-bond acceptors (Lipinski definition) is 5. The lowest BCUT2D eigenvalue weighted by atomic mass is 10.2. The van der Waals surface area contributed by atoms with Crippen LogP contribution in [-0.4, -0.2) is 29.5 Å². The van der Waals surface area contributed by atoms with Crippen molar-refractivity contribution >= 4 is 23.2 Å². The van der Waals surface area contributed by atoms with E-state index in [9.17, 15) is 0 Å². The number of rotatable bonds is 4. The second-order valence-electron chi connectivity index (χ2n) is 4.43. The Morgan fingerprint density at radius 3 is 3.00 bits per heavy atom. The highest BCUT2D eigenvalue weighted by atomic mass is 35.5. The molecule has 2 N–H and O–H groups in total. The van der Waals surface area contributed by atoms with E-state index in [0.717, 1.165) is 23.6 Å². The average Bonchev–Trinajstić information content (AvgIpc) is 3.10. The van der Waals surface area contributed by atoms with Crippen molar-refractivity contribution in [2.45, 2.75) is 26.3 Å². The van der Waals surface area contributed by atoms with Gasteiger partial charge in [-0.15, -0.1) is 0 Å². The van der Waals surface area contributed by atoms with Gasteiger partial charge in [-0.25, -0.2) is 4.98 Å². The first kappa shape index (κ1) is 12.9. The summed E-state index contributed by atoms with van der Waals surface area (Å²) in [4.78, 5) is 15.7. The minimum atomic E-state index is 0.0366. The summed E-state index contributed by atoms with van der Waals surface area (Å²) >= 11 is 6.15. The third-order valence-electron chi connectivity index (χ3n) is 3.17. The van der Waals surface area contributed by atoms with Crippen LogP contribution in [0.25, 0.3) is 5.78 Å². The molecule has 0 radical (unpaired) electrons. The number of imidazole rings is 1. The van der Waals surface area contributed by atoms with Crippen LogP contribution in [0.15, 0.2) is 18.7 Å². The number of nitrogens with zero attached hydrogens (tertiary/aromatic N) is 5. The molecule has 1 unspecified atom stereocenters. The molecule has 20 heavy (non-hydrogen) atoms. The zero-order valence-electron chi connectivity index (χ0n) is 11.1. The fourth-order valence-corrected chi connectivity index (χ4v) is 2.23. The summed E-state index contributed by atoms with van der Waals surface area (Å²) in [5.74, 6) is 2.12. The molecule has 0 aromatic carbocycles. The average molecular weight is 292 g/mol. The lowest BCUT2D eigenvalue weighted by Gasteiger charge is -2.18. The van der Waals surface area contributed by atoms with Crippen LogP contribution in [-0.2, 0) is 0 Å². The van der Waals surface area contributed by atoms with Crippen LogP contribution in [0.5, 0.6) is 0 Å². The van der Waals surface area contributed by atoms with Crippen LogP contribution in [0.3, 0.4) is 0 Å². The number of aromatic nitrogens is 6. The Hall–Kier alpha value is -2.15. The Morgan fingerprint density at radius 2 is 2.30 bits per heavy atom. The van der Waals surface area contributed by atoms with E-state index in [2.05, 4.69) is 37.3 Å². The molecule has 0 aliphatic heterocycles. The summed E-state index contributed by atoms with van der Waals surface area (Å²) in [5, 5.41) is 8.01. The van der Waals surface area contributed by atoms with Gasteiger partial charge in [-0.1, -0.05) is 18.5 Å². The van der Waals surface area contributed by atoms with Crippen LogP contribution in [0.1, 0.15) is 30.8 Å². The Bertz CT molecular complexity index is 719. The molecule has 0 bridgehead atoms. The van der Waals surface area contributed by atoms with Crippen molar-refractivity contribution in [3.63, 3.8) is 0 Å². The zero-order chi connectivity index (χ0) is 14.1. The Labute approximate surface area is 120 Å². The molecule has 0 saturated carbocycles. The molecular formula is C12H14ClN7. The van der Waals surface area contributed by atoms with E-state index in [-0.39, 0.29) is 6.04 Å². The van der Waals surface area contributed by atoms with E-state index in [1.807, 2.05) is 6.92 Å². The Balaban J connectivity index is 2.05. The van der Waals surface area contributed by atoms with Gasteiger partial charge in [-0.05, 0) is 13.3 Å². The standard InChI is InChI=1S/C12H14ClN7/c1-3-8(10-14-4-5-15-10)18-11-7(2)9(13)19-12-16-6-17-20(11)12/h4-6,8,18H,3H2,1-2H3,(H,14,15). The number of aromatic amines is 1. The third-order valence-corrected chi connectivity index (χ3v) is 3.54. The van der Waals surface area contributed by atoms with Crippen molar-refractivity contribution < 1.29 is 0 Å². The number of H-pyrrole nitrogens is 1. The number of halogens is 1. The minimum absolute atomic E-state index is 0.0366. The molecule has 0 fully saturated rings. The molecule has 0 aliphatic rings. The highest BCUT2D eigenvalue weighted by Gasteiger charge is 2.17. The van der Waals surface area contributed by atoms with Gasteiger partial charge in [0.1, 0.15) is 23.1 Å². The zero-order valence-corrected chi connectivity index (χ0v) is 11.9. The largest absolute Gasteiger partial charge is 0.360 e. The molecule has 3 aromatic heterocycles. The quantitative estimate of drug-likeness (QED) is 0.721. The summed E-state index contributed by atoms with van der Waals surface area (Å²) in [6.45, 7) is 3.98. The highest BCUT2D eigenvalue weighted by Crippen LogP contribution is 2.26. The summed E-state index contributed by atoms with van der Waals surface area (Å²) in [5.41, 5.74) is 0.828. The van der Waals surface area contributed by atoms with Crippen molar-refractivity contribution in [3.8, 4) is 0 Å². The first-order valence-corrected chi connectivity index (χ1v) is 6.70. The molecule has 3 rings (SSSR count). The maximum absolute atomic E-state index is 6.15. The van der Waals surface area contributed by atoms with Gasteiger partial charge in [0.25, 0.3) is 5.78 Å². The number of fused-ring (bicyclic) bond motifs is 1. The predicted molar refractivity (Wildman–Crippen MR) is 75.8 cm³/mol. The SMILES string of the molecule is CCC(Nc1c(C)c(Cl)nc2ncnn12)c1ncc[nH]1. The molecule has 7 nitrogen and oxygen atoms in total. The van der Waals surface area contributed by atoms with Gasteiger partial charge < -0.3 is 10.3 Å². The molecule has 0 spiro atoms. The van der Waals surface area contributed by atoms with E-state index in [4.69, 9.17) is 11.6 Å². The first-order chi connectivity index (χ1) is 9.70. The van der Waals surface area contributed by atoms with E-state index in [1.54, 1.807) is 16.9 Å². The van der Waals surface area contributed by atoms with Gasteiger partial charge in [0.05, 0.1) is 6.04 Å². The van der Waals surface area contributed by atoms with Gasteiger partial charge >= 0.3 is 0 Å². The molecule has 1 atom stereocenters. The van der Waals surface area contributed by atoms with E-state index in [1.165, 1.54) is 6.33 Å². The van der Waals surface area contributed by atoms with Crippen LogP contribution in [0.2, 0.25) is 5.15 Å². The Morgan fingerprint density at radius 1 is 1.45 bits per heavy atom. The summed E-state index contributed by atoms with van der Waals surface area (Å²) in [7, 11) is 0.